The number of aromatic nitrogens is 2. The Morgan fingerprint density at radius 3 is 2.72 bits per heavy atom. The van der Waals surface area contributed by atoms with Gasteiger partial charge in [-0.3, -0.25) is 14.2 Å². The Kier molecular flexibility index (Phi) is 7.44. The van der Waals surface area contributed by atoms with Crippen LogP contribution in [-0.2, 0) is 17.1 Å². The second kappa shape index (κ2) is 10.0. The van der Waals surface area contributed by atoms with Gasteiger partial charge in [0, 0.05) is 23.2 Å². The molecule has 0 unspecified atom stereocenters. The summed E-state index contributed by atoms with van der Waals surface area (Å²) < 4.78 is 15.7. The van der Waals surface area contributed by atoms with Gasteiger partial charge in [0.05, 0.1) is 10.9 Å². The first-order chi connectivity index (χ1) is 14.0. The summed E-state index contributed by atoms with van der Waals surface area (Å²) in [6.07, 6.45) is 2.61. The highest BCUT2D eigenvalue weighted by Crippen LogP contribution is 2.27. The molecule has 0 radical (unpaired) electrons. The molecule has 0 aliphatic heterocycles. The van der Waals surface area contributed by atoms with Crippen LogP contribution in [-0.4, -0.2) is 15.5 Å². The van der Waals surface area contributed by atoms with Crippen molar-refractivity contribution < 1.29 is 9.18 Å². The number of para-hydroxylation sites is 1. The van der Waals surface area contributed by atoms with Crippen LogP contribution < -0.4 is 11.3 Å². The number of hydrogen-bond donors (Lipinski definition) is 1. The fourth-order valence-electron chi connectivity index (χ4n) is 2.98. The van der Waals surface area contributed by atoms with E-state index in [9.17, 15) is 14.0 Å². The molecule has 2 aromatic carbocycles. The number of unbranched alkanes of at least 4 members (excludes halogenated alkanes) is 2. The van der Waals surface area contributed by atoms with Crippen molar-refractivity contribution in [3.05, 3.63) is 68.7 Å². The maximum absolute atomic E-state index is 13.3. The molecular weight excluding hydrogens is 457 g/mol. The SMILES string of the molecule is NC(=O)CCCCCn1c(SCc2ccc(F)cc2Br)nc2ccccc2c1=O. The summed E-state index contributed by atoms with van der Waals surface area (Å²) >= 11 is 4.83. The summed E-state index contributed by atoms with van der Waals surface area (Å²) in [5.41, 5.74) is 6.68. The number of halogens is 2. The topological polar surface area (TPSA) is 78.0 Å². The second-order valence-corrected chi connectivity index (χ2v) is 8.47. The molecule has 29 heavy (non-hydrogen) atoms. The van der Waals surface area contributed by atoms with E-state index in [1.165, 1.54) is 23.9 Å². The zero-order valence-electron chi connectivity index (χ0n) is 15.7. The molecular formula is C21H21BrFN3O2S. The summed E-state index contributed by atoms with van der Waals surface area (Å²) in [4.78, 5) is 28.6. The number of fused-ring (bicyclic) bond motifs is 1. The number of carbonyl (C=O) groups is 1. The van der Waals surface area contributed by atoms with Gasteiger partial charge in [-0.05, 0) is 42.7 Å². The van der Waals surface area contributed by atoms with Crippen molar-refractivity contribution in [2.24, 2.45) is 5.73 Å². The van der Waals surface area contributed by atoms with E-state index < -0.39 is 0 Å². The van der Waals surface area contributed by atoms with Crippen LogP contribution in [0.1, 0.15) is 31.2 Å². The first-order valence-corrected chi connectivity index (χ1v) is 11.1. The molecule has 0 saturated carbocycles. The highest BCUT2D eigenvalue weighted by Gasteiger charge is 2.12. The molecule has 0 aliphatic rings. The Morgan fingerprint density at radius 2 is 1.97 bits per heavy atom. The van der Waals surface area contributed by atoms with Gasteiger partial charge in [0.15, 0.2) is 5.16 Å². The zero-order chi connectivity index (χ0) is 20.8. The van der Waals surface area contributed by atoms with Crippen LogP contribution >= 0.6 is 27.7 Å². The first kappa shape index (κ1) is 21.5. The Labute approximate surface area is 180 Å². The van der Waals surface area contributed by atoms with E-state index in [-0.39, 0.29) is 17.3 Å². The number of primary amides is 1. The summed E-state index contributed by atoms with van der Waals surface area (Å²) in [5, 5.41) is 1.21. The van der Waals surface area contributed by atoms with E-state index in [1.807, 2.05) is 18.2 Å². The summed E-state index contributed by atoms with van der Waals surface area (Å²) in [6.45, 7) is 0.516. The van der Waals surface area contributed by atoms with E-state index in [1.54, 1.807) is 16.7 Å². The smallest absolute Gasteiger partial charge is 0.262 e. The van der Waals surface area contributed by atoms with Crippen LogP contribution in [0.15, 0.2) is 56.9 Å². The Bertz CT molecular complexity index is 1090. The minimum Gasteiger partial charge on any atom is -0.370 e. The summed E-state index contributed by atoms with van der Waals surface area (Å²) in [7, 11) is 0. The Balaban J connectivity index is 1.83. The molecule has 3 aromatic rings. The van der Waals surface area contributed by atoms with Crippen molar-refractivity contribution >= 4 is 44.5 Å². The molecule has 5 nitrogen and oxygen atoms in total. The predicted molar refractivity (Wildman–Crippen MR) is 117 cm³/mol. The quantitative estimate of drug-likeness (QED) is 0.276. The number of amides is 1. The van der Waals surface area contributed by atoms with Crippen LogP contribution in [0, 0.1) is 5.82 Å². The lowest BCUT2D eigenvalue weighted by atomic mass is 10.2. The fraction of sp³-hybridized carbons (Fsp3) is 0.286. The van der Waals surface area contributed by atoms with E-state index >= 15 is 0 Å². The van der Waals surface area contributed by atoms with E-state index in [0.29, 0.717) is 45.7 Å². The van der Waals surface area contributed by atoms with Crippen LogP contribution in [0.5, 0.6) is 0 Å². The van der Waals surface area contributed by atoms with E-state index in [4.69, 9.17) is 5.73 Å². The fourth-order valence-corrected chi connectivity index (χ4v) is 4.69. The van der Waals surface area contributed by atoms with Crippen LogP contribution in [0.4, 0.5) is 4.39 Å². The molecule has 2 N–H and O–H groups in total. The molecule has 152 valence electrons. The molecule has 1 aromatic heterocycles. The number of rotatable bonds is 9. The van der Waals surface area contributed by atoms with Gasteiger partial charge in [-0.25, -0.2) is 9.37 Å². The molecule has 8 heteroatoms. The molecule has 3 rings (SSSR count). The Hall–Kier alpha value is -2.19. The van der Waals surface area contributed by atoms with E-state index in [0.717, 1.165) is 18.4 Å². The number of nitrogens with zero attached hydrogens (tertiary/aromatic N) is 2. The van der Waals surface area contributed by atoms with Gasteiger partial charge in [-0.1, -0.05) is 52.3 Å². The minimum absolute atomic E-state index is 0.0776. The van der Waals surface area contributed by atoms with Crippen molar-refractivity contribution in [3.8, 4) is 0 Å². The third-order valence-electron chi connectivity index (χ3n) is 4.50. The summed E-state index contributed by atoms with van der Waals surface area (Å²) in [5.74, 6) is -0.0641. The monoisotopic (exact) mass is 477 g/mol. The molecule has 0 saturated heterocycles. The van der Waals surface area contributed by atoms with Gasteiger partial charge in [0.1, 0.15) is 5.82 Å². The van der Waals surface area contributed by atoms with Gasteiger partial charge in [0.2, 0.25) is 5.91 Å². The molecule has 0 atom stereocenters. The molecule has 0 fully saturated rings. The van der Waals surface area contributed by atoms with Crippen LogP contribution in [0.3, 0.4) is 0 Å². The third kappa shape index (κ3) is 5.67. The van der Waals surface area contributed by atoms with Crippen molar-refractivity contribution in [3.63, 3.8) is 0 Å². The Morgan fingerprint density at radius 1 is 1.17 bits per heavy atom. The van der Waals surface area contributed by atoms with Gasteiger partial charge < -0.3 is 5.73 Å². The molecule has 1 heterocycles. The largest absolute Gasteiger partial charge is 0.370 e. The lowest BCUT2D eigenvalue weighted by Crippen LogP contribution is -2.23. The average molecular weight is 478 g/mol. The van der Waals surface area contributed by atoms with Crippen molar-refractivity contribution in [2.75, 3.05) is 0 Å². The standard InChI is InChI=1S/C21H21BrFN3O2S/c22-17-12-15(23)10-9-14(17)13-29-21-25-18-7-4-3-6-16(18)20(28)26(21)11-5-1-2-8-19(24)27/h3-4,6-7,9-10,12H,1-2,5,8,11,13H2,(H2,24,27). The lowest BCUT2D eigenvalue weighted by molar-refractivity contribution is -0.118. The number of hydrogen-bond acceptors (Lipinski definition) is 4. The number of benzene rings is 2. The van der Waals surface area contributed by atoms with Crippen LogP contribution in [0.2, 0.25) is 0 Å². The molecule has 1 amide bonds. The molecule has 0 aliphatic carbocycles. The van der Waals surface area contributed by atoms with Gasteiger partial charge >= 0.3 is 0 Å². The number of carbonyl (C=O) groups excluding carboxylic acids is 1. The third-order valence-corrected chi connectivity index (χ3v) is 6.27. The van der Waals surface area contributed by atoms with E-state index in [2.05, 4.69) is 20.9 Å². The second-order valence-electron chi connectivity index (χ2n) is 6.67. The van der Waals surface area contributed by atoms with Crippen LogP contribution in [0.25, 0.3) is 10.9 Å². The number of thioether (sulfide) groups is 1. The van der Waals surface area contributed by atoms with Crippen molar-refractivity contribution in [2.45, 2.75) is 43.1 Å². The first-order valence-electron chi connectivity index (χ1n) is 9.30. The van der Waals surface area contributed by atoms with Crippen molar-refractivity contribution in [1.82, 2.24) is 9.55 Å². The maximum Gasteiger partial charge on any atom is 0.262 e. The van der Waals surface area contributed by atoms with Gasteiger partial charge in [-0.15, -0.1) is 0 Å². The van der Waals surface area contributed by atoms with Crippen molar-refractivity contribution in [1.29, 1.82) is 0 Å². The molecule has 0 spiro atoms. The summed E-state index contributed by atoms with van der Waals surface area (Å²) in [6, 6.07) is 11.8. The highest BCUT2D eigenvalue weighted by atomic mass is 79.9. The highest BCUT2D eigenvalue weighted by molar-refractivity contribution is 9.10. The lowest BCUT2D eigenvalue weighted by Gasteiger charge is -2.13. The minimum atomic E-state index is -0.310. The molecule has 0 bridgehead atoms. The van der Waals surface area contributed by atoms with Gasteiger partial charge in [0.25, 0.3) is 5.56 Å². The average Bonchev–Trinajstić information content (AvgIpc) is 2.68. The zero-order valence-corrected chi connectivity index (χ0v) is 18.1. The normalized spacial score (nSPS) is 11.1. The maximum atomic E-state index is 13.3. The van der Waals surface area contributed by atoms with Gasteiger partial charge in [-0.2, -0.15) is 0 Å². The predicted octanol–water partition coefficient (Wildman–Crippen LogP) is 4.64. The number of nitrogens with two attached hydrogens (primary N) is 1.